The van der Waals surface area contributed by atoms with Crippen molar-refractivity contribution in [2.45, 2.75) is 0 Å². The second-order valence-electron chi connectivity index (χ2n) is 0.136. The molecule has 0 rings (SSSR count). The van der Waals surface area contributed by atoms with Gasteiger partial charge in [-0.15, -0.1) is 0 Å². The van der Waals surface area contributed by atoms with Crippen LogP contribution >= 0.6 is 0 Å². The Bertz CT molecular complexity index is 8.00. The highest BCUT2D eigenvalue weighted by Crippen LogP contribution is 1.09. The molecule has 6 radical (unpaired) electrons. The Balaban J connectivity index is 0. The zero-order valence-corrected chi connectivity index (χ0v) is 4.22. The van der Waals surface area contributed by atoms with Crippen molar-refractivity contribution in [1.29, 1.82) is 0 Å². The predicted molar refractivity (Wildman–Crippen MR) is 16.8 cm³/mol. The molecule has 0 amide bonds. The van der Waals surface area contributed by atoms with Gasteiger partial charge in [-0.3, -0.25) is 5.90 Å². The molecule has 0 aliphatic rings. The van der Waals surface area contributed by atoms with Crippen LogP contribution < -0.4 is 5.90 Å². The largest absolute Gasteiger partial charge is 0.454 e. The van der Waals surface area contributed by atoms with Crippen LogP contribution in [0.3, 0.4) is 0 Å². The smallest absolute Gasteiger partial charge is 0.409 e. The molecule has 0 aromatic heterocycles. The van der Waals surface area contributed by atoms with Gasteiger partial charge in [-0.05, 0) is 0 Å². The van der Waals surface area contributed by atoms with Gasteiger partial charge in [-0.25, -0.2) is 0 Å². The zero-order valence-electron chi connectivity index (χ0n) is 2.06. The molecule has 0 aliphatic heterocycles. The highest BCUT2D eigenvalue weighted by molar-refractivity contribution is 5.97. The van der Waals surface area contributed by atoms with E-state index in [1.54, 1.807) is 0 Å². The Labute approximate surface area is 38.1 Å². The molecule has 0 bridgehead atoms. The second kappa shape index (κ2) is 9.38. The SMILES string of the molecule is N[O][Al].[Si]. The van der Waals surface area contributed by atoms with Crippen molar-refractivity contribution in [3.05, 3.63) is 0 Å². The van der Waals surface area contributed by atoms with E-state index in [2.05, 4.69) is 9.79 Å². The van der Waals surface area contributed by atoms with Gasteiger partial charge in [0.1, 0.15) is 0 Å². The van der Waals surface area contributed by atoms with Gasteiger partial charge in [-0.1, -0.05) is 0 Å². The molecule has 20 valence electrons. The van der Waals surface area contributed by atoms with E-state index < -0.39 is 0 Å². The molecule has 0 aromatic rings. The van der Waals surface area contributed by atoms with Gasteiger partial charge in [0.05, 0.1) is 0 Å². The lowest BCUT2D eigenvalue weighted by Crippen LogP contribution is -1.89. The molecule has 0 atom stereocenters. The first-order valence-corrected chi connectivity index (χ1v) is 0.943. The van der Waals surface area contributed by atoms with E-state index in [9.17, 15) is 0 Å². The van der Waals surface area contributed by atoms with Crippen molar-refractivity contribution in [1.82, 2.24) is 0 Å². The summed E-state index contributed by atoms with van der Waals surface area (Å²) in [5, 5.41) is 0. The van der Waals surface area contributed by atoms with Gasteiger partial charge in [0.25, 0.3) is 0 Å². The van der Waals surface area contributed by atoms with Crippen LogP contribution in [0.5, 0.6) is 0 Å². The standard InChI is InChI=1S/Al.H2NO.Si/c;1-2;/h;1H2;/q+1;-1;. The summed E-state index contributed by atoms with van der Waals surface area (Å²) >= 11 is 1.86. The van der Waals surface area contributed by atoms with Crippen LogP contribution in [-0.4, -0.2) is 27.6 Å². The fraction of sp³-hybridized carbons (Fsp3) is 0. The second-order valence-corrected chi connectivity index (χ2v) is 0.408. The quantitative estimate of drug-likeness (QED) is 0.291. The van der Waals surface area contributed by atoms with Crippen molar-refractivity contribution >= 4 is 27.6 Å². The van der Waals surface area contributed by atoms with Gasteiger partial charge >= 0.3 is 16.6 Å². The molecule has 2 nitrogen and oxygen atoms in total. The first-order valence-electron chi connectivity index (χ1n) is 0.471. The minimum absolute atomic E-state index is 0. The van der Waals surface area contributed by atoms with Crippen LogP contribution in [0.15, 0.2) is 0 Å². The van der Waals surface area contributed by atoms with Crippen molar-refractivity contribution in [3.8, 4) is 0 Å². The molecule has 0 saturated heterocycles. The minimum Gasteiger partial charge on any atom is -0.454 e. The molecule has 4 heteroatoms. The van der Waals surface area contributed by atoms with Crippen LogP contribution in [-0.2, 0) is 3.89 Å². The molecule has 0 aliphatic carbocycles. The van der Waals surface area contributed by atoms with Gasteiger partial charge in [0, 0.05) is 11.0 Å². The average molecular weight is 87.1 g/mol. The number of rotatable bonds is 0. The summed E-state index contributed by atoms with van der Waals surface area (Å²) in [7, 11) is 0. The highest BCUT2D eigenvalue weighted by atomic mass is 28.1. The first kappa shape index (κ1) is 8.82. The topological polar surface area (TPSA) is 35.2 Å². The molecule has 0 spiro atoms. The van der Waals surface area contributed by atoms with Crippen molar-refractivity contribution < 1.29 is 3.89 Å². The summed E-state index contributed by atoms with van der Waals surface area (Å²) in [5.74, 6) is 4.31. The molecular weight excluding hydrogens is 85.1 g/mol. The van der Waals surface area contributed by atoms with E-state index in [1.165, 1.54) is 0 Å². The van der Waals surface area contributed by atoms with E-state index in [1.807, 2.05) is 16.6 Å². The van der Waals surface area contributed by atoms with Crippen LogP contribution in [0.4, 0.5) is 0 Å². The first-order chi connectivity index (χ1) is 1.41. The maximum Gasteiger partial charge on any atom is 0.409 e. The number of hydrogen-bond donors (Lipinski definition) is 1. The van der Waals surface area contributed by atoms with E-state index in [-0.39, 0.29) is 11.0 Å². The predicted octanol–water partition coefficient (Wildman–Crippen LogP) is -1.42. The Kier molecular flexibility index (Phi) is 20.7. The molecule has 0 heterocycles. The van der Waals surface area contributed by atoms with E-state index in [0.29, 0.717) is 0 Å². The molecule has 0 aromatic carbocycles. The summed E-state index contributed by atoms with van der Waals surface area (Å²) in [6.45, 7) is 0. The maximum absolute atomic E-state index is 4.31. The van der Waals surface area contributed by atoms with Crippen LogP contribution in [0.25, 0.3) is 0 Å². The summed E-state index contributed by atoms with van der Waals surface area (Å²) in [5.41, 5.74) is 0. The third-order valence-electron chi connectivity index (χ3n) is 0. The van der Waals surface area contributed by atoms with E-state index >= 15 is 0 Å². The van der Waals surface area contributed by atoms with Crippen LogP contribution in [0, 0.1) is 0 Å². The fourth-order valence-corrected chi connectivity index (χ4v) is 0. The molecule has 0 saturated carbocycles. The fourth-order valence-electron chi connectivity index (χ4n) is 0. The highest BCUT2D eigenvalue weighted by Gasteiger charge is 1.31. The third-order valence-corrected chi connectivity index (χ3v) is 0. The van der Waals surface area contributed by atoms with Crippen LogP contribution in [0.1, 0.15) is 0 Å². The molecule has 0 fully saturated rings. The summed E-state index contributed by atoms with van der Waals surface area (Å²) in [6.07, 6.45) is 0. The Hall–Kier alpha value is 0.669. The van der Waals surface area contributed by atoms with Gasteiger partial charge in [0.15, 0.2) is 0 Å². The van der Waals surface area contributed by atoms with Crippen molar-refractivity contribution in [2.24, 2.45) is 5.90 Å². The zero-order chi connectivity index (χ0) is 2.71. The number of nitrogens with two attached hydrogens (primary N) is 1. The Morgan fingerprint density at radius 2 is 1.75 bits per heavy atom. The van der Waals surface area contributed by atoms with Gasteiger partial charge in [0.2, 0.25) is 0 Å². The molecule has 2 N–H and O–H groups in total. The molecular formula is H2AlNOSi. The summed E-state index contributed by atoms with van der Waals surface area (Å²) in [4.78, 5) is 0. The average Bonchev–Trinajstić information content (AvgIpc) is 0.918. The number of hydrogen-bond acceptors (Lipinski definition) is 2. The molecule has 0 unspecified atom stereocenters. The summed E-state index contributed by atoms with van der Waals surface area (Å²) in [6, 6.07) is 0. The summed E-state index contributed by atoms with van der Waals surface area (Å²) < 4.78 is 3.67. The Morgan fingerprint density at radius 3 is 1.75 bits per heavy atom. The molecule has 4 heavy (non-hydrogen) atoms. The maximum atomic E-state index is 4.31. The van der Waals surface area contributed by atoms with Crippen molar-refractivity contribution in [3.63, 3.8) is 0 Å². The monoisotopic (exact) mass is 87.0 g/mol. The van der Waals surface area contributed by atoms with Gasteiger partial charge < -0.3 is 3.89 Å². The van der Waals surface area contributed by atoms with Crippen molar-refractivity contribution in [2.75, 3.05) is 0 Å². The van der Waals surface area contributed by atoms with Gasteiger partial charge in [-0.2, -0.15) is 0 Å². The normalized spacial score (nSPS) is 4.25. The lowest BCUT2D eigenvalue weighted by molar-refractivity contribution is 0.371. The van der Waals surface area contributed by atoms with Crippen LogP contribution in [0.2, 0.25) is 0 Å². The minimum atomic E-state index is 0. The van der Waals surface area contributed by atoms with E-state index in [0.717, 1.165) is 0 Å². The third kappa shape index (κ3) is 16.6. The lowest BCUT2D eigenvalue weighted by atomic mass is 13.6. The van der Waals surface area contributed by atoms with E-state index in [4.69, 9.17) is 0 Å². The lowest BCUT2D eigenvalue weighted by Gasteiger charge is -1.65. The Morgan fingerprint density at radius 1 is 1.75 bits per heavy atom.